The van der Waals surface area contributed by atoms with E-state index >= 15 is 0 Å². The molecule has 2 aromatic rings. The van der Waals surface area contributed by atoms with Crippen LogP contribution in [0.1, 0.15) is 35.2 Å². The third-order valence-electron chi connectivity index (χ3n) is 4.06. The lowest BCUT2D eigenvalue weighted by Gasteiger charge is -2.23. The Labute approximate surface area is 129 Å². The Morgan fingerprint density at radius 3 is 2.95 bits per heavy atom. The minimum atomic E-state index is 0.101. The van der Waals surface area contributed by atoms with Crippen molar-refractivity contribution in [3.05, 3.63) is 51.5 Å². The normalized spacial score (nSPS) is 17.3. The van der Waals surface area contributed by atoms with Gasteiger partial charge in [-0.2, -0.15) is 0 Å². The zero-order valence-corrected chi connectivity index (χ0v) is 13.1. The van der Waals surface area contributed by atoms with E-state index < -0.39 is 0 Å². The molecule has 0 unspecified atom stereocenters. The van der Waals surface area contributed by atoms with E-state index in [4.69, 9.17) is 0 Å². The van der Waals surface area contributed by atoms with Gasteiger partial charge in [0, 0.05) is 11.3 Å². The van der Waals surface area contributed by atoms with Gasteiger partial charge in [0.05, 0.1) is 17.2 Å². The fourth-order valence-corrected chi connectivity index (χ4v) is 3.58. The van der Waals surface area contributed by atoms with Crippen LogP contribution in [0.3, 0.4) is 0 Å². The van der Waals surface area contributed by atoms with E-state index in [1.807, 2.05) is 5.38 Å². The molecule has 1 aliphatic rings. The van der Waals surface area contributed by atoms with Crippen molar-refractivity contribution >= 4 is 17.2 Å². The Balaban J connectivity index is 1.57. The van der Waals surface area contributed by atoms with Gasteiger partial charge in [-0.15, -0.1) is 11.3 Å². The first-order valence-electron chi connectivity index (χ1n) is 7.54. The van der Waals surface area contributed by atoms with E-state index in [0.717, 1.165) is 36.4 Å². The van der Waals surface area contributed by atoms with Crippen LogP contribution in [-0.4, -0.2) is 10.9 Å². The van der Waals surface area contributed by atoms with Crippen LogP contribution in [0.5, 0.6) is 0 Å². The number of carbonyl (C=O) groups is 1. The zero-order chi connectivity index (χ0) is 14.7. The largest absolute Gasteiger partial charge is 0.350 e. The van der Waals surface area contributed by atoms with Crippen molar-refractivity contribution < 1.29 is 4.79 Å². The van der Waals surface area contributed by atoms with Crippen LogP contribution in [-0.2, 0) is 30.6 Å². The number of nitrogens with zero attached hydrogens (tertiary/aromatic N) is 1. The van der Waals surface area contributed by atoms with E-state index in [2.05, 4.69) is 41.5 Å². The number of hydrogen-bond donors (Lipinski definition) is 1. The summed E-state index contributed by atoms with van der Waals surface area (Å²) in [7, 11) is 0. The summed E-state index contributed by atoms with van der Waals surface area (Å²) in [4.78, 5) is 16.8. The third kappa shape index (κ3) is 3.32. The number of amides is 1. The van der Waals surface area contributed by atoms with Crippen molar-refractivity contribution in [2.24, 2.45) is 5.92 Å². The molecule has 1 aromatic carbocycles. The molecule has 0 fully saturated rings. The molecule has 1 amide bonds. The molecule has 0 aliphatic heterocycles. The number of benzene rings is 1. The van der Waals surface area contributed by atoms with E-state index in [9.17, 15) is 4.79 Å². The molecule has 0 saturated carbocycles. The summed E-state index contributed by atoms with van der Waals surface area (Å²) in [6.07, 6.45) is 3.77. The predicted molar refractivity (Wildman–Crippen MR) is 85.3 cm³/mol. The summed E-state index contributed by atoms with van der Waals surface area (Å²) < 4.78 is 0. The quantitative estimate of drug-likeness (QED) is 0.942. The zero-order valence-electron chi connectivity index (χ0n) is 12.3. The number of aromatic nitrogens is 1. The number of carbonyl (C=O) groups excluding carboxylic acids is 1. The van der Waals surface area contributed by atoms with Gasteiger partial charge in [-0.1, -0.05) is 31.2 Å². The van der Waals surface area contributed by atoms with Gasteiger partial charge in [-0.25, -0.2) is 4.98 Å². The standard InChI is InChI=1S/C17H20N2OS/c1-2-16-19-15(11-21-16)10-18-17(20)14-8-7-12-5-3-4-6-13(12)9-14/h3-6,11,14H,2,7-10H2,1H3,(H,18,20)/t14-/m0/s1. The molecule has 0 bridgehead atoms. The number of fused-ring (bicyclic) bond motifs is 1. The topological polar surface area (TPSA) is 42.0 Å². The smallest absolute Gasteiger partial charge is 0.223 e. The Morgan fingerprint density at radius 2 is 2.19 bits per heavy atom. The van der Waals surface area contributed by atoms with Gasteiger partial charge in [0.15, 0.2) is 0 Å². The summed E-state index contributed by atoms with van der Waals surface area (Å²) in [6.45, 7) is 2.65. The molecule has 4 heteroatoms. The van der Waals surface area contributed by atoms with Crippen LogP contribution in [0.15, 0.2) is 29.6 Å². The van der Waals surface area contributed by atoms with Gasteiger partial charge in [-0.3, -0.25) is 4.79 Å². The van der Waals surface area contributed by atoms with Crippen LogP contribution in [0, 0.1) is 5.92 Å². The second-order valence-corrected chi connectivity index (χ2v) is 6.46. The number of nitrogens with one attached hydrogen (secondary N) is 1. The minimum absolute atomic E-state index is 0.101. The molecule has 1 aromatic heterocycles. The van der Waals surface area contributed by atoms with Crippen molar-refractivity contribution in [1.29, 1.82) is 0 Å². The summed E-state index contributed by atoms with van der Waals surface area (Å²) in [5.74, 6) is 0.264. The van der Waals surface area contributed by atoms with Crippen molar-refractivity contribution in [1.82, 2.24) is 10.3 Å². The molecule has 0 saturated heterocycles. The van der Waals surface area contributed by atoms with Crippen LogP contribution >= 0.6 is 11.3 Å². The first kappa shape index (κ1) is 14.3. The van der Waals surface area contributed by atoms with E-state index in [-0.39, 0.29) is 11.8 Å². The maximum Gasteiger partial charge on any atom is 0.223 e. The number of hydrogen-bond acceptors (Lipinski definition) is 3. The molecule has 0 radical (unpaired) electrons. The Morgan fingerprint density at radius 1 is 1.38 bits per heavy atom. The summed E-state index contributed by atoms with van der Waals surface area (Å²) in [6, 6.07) is 8.45. The molecule has 3 rings (SSSR count). The fraction of sp³-hybridized carbons (Fsp3) is 0.412. The van der Waals surface area contributed by atoms with E-state index in [1.165, 1.54) is 11.1 Å². The van der Waals surface area contributed by atoms with Crippen LogP contribution in [0.2, 0.25) is 0 Å². The molecule has 1 heterocycles. The Bertz CT molecular complexity index is 635. The van der Waals surface area contributed by atoms with Gasteiger partial charge < -0.3 is 5.32 Å². The number of rotatable bonds is 4. The van der Waals surface area contributed by atoms with E-state index in [1.54, 1.807) is 11.3 Å². The predicted octanol–water partition coefficient (Wildman–Crippen LogP) is 3.13. The minimum Gasteiger partial charge on any atom is -0.350 e. The van der Waals surface area contributed by atoms with Gasteiger partial charge in [0.1, 0.15) is 0 Å². The van der Waals surface area contributed by atoms with Crippen molar-refractivity contribution in [3.63, 3.8) is 0 Å². The highest BCUT2D eigenvalue weighted by molar-refractivity contribution is 7.09. The van der Waals surface area contributed by atoms with Crippen LogP contribution in [0.25, 0.3) is 0 Å². The van der Waals surface area contributed by atoms with E-state index in [0.29, 0.717) is 6.54 Å². The molecule has 3 nitrogen and oxygen atoms in total. The lowest BCUT2D eigenvalue weighted by molar-refractivity contribution is -0.125. The number of aryl methyl sites for hydroxylation is 2. The first-order valence-corrected chi connectivity index (χ1v) is 8.42. The average molecular weight is 300 g/mol. The highest BCUT2D eigenvalue weighted by atomic mass is 32.1. The van der Waals surface area contributed by atoms with Crippen molar-refractivity contribution in [2.45, 2.75) is 39.2 Å². The fourth-order valence-electron chi connectivity index (χ4n) is 2.84. The monoisotopic (exact) mass is 300 g/mol. The molecule has 21 heavy (non-hydrogen) atoms. The van der Waals surface area contributed by atoms with Crippen LogP contribution < -0.4 is 5.32 Å². The number of thiazole rings is 1. The molecule has 1 aliphatic carbocycles. The SMILES string of the molecule is CCc1nc(CNC(=O)[C@H]2CCc3ccccc3C2)cs1. The van der Waals surface area contributed by atoms with Gasteiger partial charge in [0.25, 0.3) is 0 Å². The van der Waals surface area contributed by atoms with Gasteiger partial charge >= 0.3 is 0 Å². The van der Waals surface area contributed by atoms with Crippen molar-refractivity contribution in [3.8, 4) is 0 Å². The molecular formula is C17H20N2OS. The maximum absolute atomic E-state index is 12.3. The highest BCUT2D eigenvalue weighted by Crippen LogP contribution is 2.25. The van der Waals surface area contributed by atoms with Crippen molar-refractivity contribution in [2.75, 3.05) is 0 Å². The summed E-state index contributed by atoms with van der Waals surface area (Å²) in [5.41, 5.74) is 3.70. The molecule has 1 atom stereocenters. The van der Waals surface area contributed by atoms with Gasteiger partial charge in [-0.05, 0) is 36.8 Å². The highest BCUT2D eigenvalue weighted by Gasteiger charge is 2.24. The second-order valence-electron chi connectivity index (χ2n) is 5.51. The Kier molecular flexibility index (Phi) is 4.34. The lowest BCUT2D eigenvalue weighted by atomic mass is 9.83. The summed E-state index contributed by atoms with van der Waals surface area (Å²) >= 11 is 1.67. The lowest BCUT2D eigenvalue weighted by Crippen LogP contribution is -2.33. The first-order chi connectivity index (χ1) is 10.3. The molecular weight excluding hydrogens is 280 g/mol. The molecule has 0 spiro atoms. The third-order valence-corrected chi connectivity index (χ3v) is 5.11. The molecule has 110 valence electrons. The summed E-state index contributed by atoms with van der Waals surface area (Å²) in [5, 5.41) is 6.21. The van der Waals surface area contributed by atoms with Gasteiger partial charge in [0.2, 0.25) is 5.91 Å². The Hall–Kier alpha value is -1.68. The average Bonchev–Trinajstić information content (AvgIpc) is 3.00. The second kappa shape index (κ2) is 6.39. The van der Waals surface area contributed by atoms with Crippen LogP contribution in [0.4, 0.5) is 0 Å². The maximum atomic E-state index is 12.3. The molecule has 1 N–H and O–H groups in total.